The van der Waals surface area contributed by atoms with E-state index in [9.17, 15) is 9.90 Å². The Labute approximate surface area is 98.8 Å². The molecule has 0 aromatic rings. The summed E-state index contributed by atoms with van der Waals surface area (Å²) in [6.45, 7) is 5.80. The minimum Gasteiger partial charge on any atom is -0.480 e. The highest BCUT2D eigenvalue weighted by Gasteiger charge is 2.42. The van der Waals surface area contributed by atoms with Gasteiger partial charge >= 0.3 is 5.97 Å². The first-order valence-electron chi connectivity index (χ1n) is 6.66. The van der Waals surface area contributed by atoms with Crippen molar-refractivity contribution in [3.63, 3.8) is 0 Å². The van der Waals surface area contributed by atoms with Crippen molar-refractivity contribution in [2.45, 2.75) is 64.3 Å². The fourth-order valence-corrected chi connectivity index (χ4v) is 2.98. The van der Waals surface area contributed by atoms with Crippen molar-refractivity contribution in [2.75, 3.05) is 13.1 Å². The minimum atomic E-state index is -0.613. The molecule has 0 aliphatic heterocycles. The number of aliphatic carboxylic acids is 1. The van der Waals surface area contributed by atoms with Crippen LogP contribution in [-0.4, -0.2) is 34.6 Å². The zero-order valence-electron chi connectivity index (χ0n) is 10.7. The summed E-state index contributed by atoms with van der Waals surface area (Å²) in [7, 11) is 0. The Balaban J connectivity index is 2.86. The number of carboxylic acids is 1. The number of carboxylic acid groups (broad SMARTS) is 1. The second kappa shape index (κ2) is 6.24. The van der Waals surface area contributed by atoms with Gasteiger partial charge in [-0.15, -0.1) is 0 Å². The van der Waals surface area contributed by atoms with Crippen LogP contribution in [0.25, 0.3) is 0 Å². The van der Waals surface area contributed by atoms with Gasteiger partial charge in [-0.3, -0.25) is 9.69 Å². The molecule has 16 heavy (non-hydrogen) atoms. The van der Waals surface area contributed by atoms with Gasteiger partial charge in [0.1, 0.15) is 5.54 Å². The maximum atomic E-state index is 11.7. The molecule has 0 amide bonds. The molecule has 0 atom stereocenters. The Morgan fingerprint density at radius 1 is 1.06 bits per heavy atom. The molecular weight excluding hydrogens is 202 g/mol. The molecule has 0 aromatic carbocycles. The Hall–Kier alpha value is -0.570. The van der Waals surface area contributed by atoms with E-state index in [1.54, 1.807) is 0 Å². The summed E-state index contributed by atoms with van der Waals surface area (Å²) in [6.07, 6.45) is 7.42. The van der Waals surface area contributed by atoms with Crippen molar-refractivity contribution in [1.29, 1.82) is 0 Å². The third-order valence-electron chi connectivity index (χ3n) is 3.95. The van der Waals surface area contributed by atoms with Gasteiger partial charge < -0.3 is 5.11 Å². The van der Waals surface area contributed by atoms with Gasteiger partial charge in [0.25, 0.3) is 0 Å². The first-order valence-corrected chi connectivity index (χ1v) is 6.66. The zero-order valence-corrected chi connectivity index (χ0v) is 10.7. The van der Waals surface area contributed by atoms with Crippen LogP contribution in [0.2, 0.25) is 0 Å². The van der Waals surface area contributed by atoms with Crippen LogP contribution in [0.4, 0.5) is 0 Å². The third kappa shape index (κ3) is 2.76. The molecule has 1 fully saturated rings. The summed E-state index contributed by atoms with van der Waals surface area (Å²) in [5.41, 5.74) is -0.579. The fourth-order valence-electron chi connectivity index (χ4n) is 2.98. The van der Waals surface area contributed by atoms with Crippen LogP contribution in [0.15, 0.2) is 0 Å². The van der Waals surface area contributed by atoms with Crippen molar-refractivity contribution >= 4 is 5.97 Å². The Morgan fingerprint density at radius 3 is 1.88 bits per heavy atom. The lowest BCUT2D eigenvalue weighted by molar-refractivity contribution is -0.153. The van der Waals surface area contributed by atoms with E-state index >= 15 is 0 Å². The SMILES string of the molecule is CCN(CC)C1(C(=O)O)CCCCCCC1. The van der Waals surface area contributed by atoms with Gasteiger partial charge in [-0.2, -0.15) is 0 Å². The average molecular weight is 227 g/mol. The van der Waals surface area contributed by atoms with E-state index in [1.807, 2.05) is 0 Å². The zero-order chi connectivity index (χ0) is 12.0. The fraction of sp³-hybridized carbons (Fsp3) is 0.923. The molecule has 0 radical (unpaired) electrons. The summed E-state index contributed by atoms with van der Waals surface area (Å²) in [5, 5.41) is 9.60. The van der Waals surface area contributed by atoms with Crippen LogP contribution in [0.3, 0.4) is 0 Å². The standard InChI is InChI=1S/C13H25NO2/c1-3-14(4-2)13(12(15)16)10-8-6-5-7-9-11-13/h3-11H2,1-2H3,(H,15,16). The van der Waals surface area contributed by atoms with Gasteiger partial charge in [0.15, 0.2) is 0 Å². The van der Waals surface area contributed by atoms with E-state index in [4.69, 9.17) is 0 Å². The van der Waals surface area contributed by atoms with Crippen LogP contribution in [0, 0.1) is 0 Å². The lowest BCUT2D eigenvalue weighted by Gasteiger charge is -2.41. The topological polar surface area (TPSA) is 40.5 Å². The Kier molecular flexibility index (Phi) is 5.26. The number of carbonyl (C=O) groups is 1. The molecule has 0 heterocycles. The van der Waals surface area contributed by atoms with Crippen molar-refractivity contribution in [1.82, 2.24) is 4.90 Å². The second-order valence-corrected chi connectivity index (χ2v) is 4.78. The van der Waals surface area contributed by atoms with Gasteiger partial charge in [-0.1, -0.05) is 46.0 Å². The lowest BCUT2D eigenvalue weighted by Crippen LogP contribution is -2.54. The molecule has 94 valence electrons. The maximum absolute atomic E-state index is 11.7. The predicted molar refractivity (Wildman–Crippen MR) is 65.6 cm³/mol. The van der Waals surface area contributed by atoms with Crippen LogP contribution in [0.1, 0.15) is 58.8 Å². The Morgan fingerprint density at radius 2 is 1.50 bits per heavy atom. The van der Waals surface area contributed by atoms with Gasteiger partial charge in [0.2, 0.25) is 0 Å². The van der Waals surface area contributed by atoms with Crippen molar-refractivity contribution in [3.05, 3.63) is 0 Å². The van der Waals surface area contributed by atoms with Crippen LogP contribution < -0.4 is 0 Å². The van der Waals surface area contributed by atoms with Crippen LogP contribution >= 0.6 is 0 Å². The van der Waals surface area contributed by atoms with Crippen molar-refractivity contribution < 1.29 is 9.90 Å². The van der Waals surface area contributed by atoms with E-state index in [0.29, 0.717) is 0 Å². The maximum Gasteiger partial charge on any atom is 0.324 e. The highest BCUT2D eigenvalue weighted by atomic mass is 16.4. The first-order chi connectivity index (χ1) is 7.67. The molecule has 0 spiro atoms. The number of likely N-dealkylation sites (N-methyl/N-ethyl adjacent to an activating group) is 1. The molecule has 0 bridgehead atoms. The summed E-state index contributed by atoms with van der Waals surface area (Å²) >= 11 is 0. The largest absolute Gasteiger partial charge is 0.480 e. The molecule has 0 unspecified atom stereocenters. The van der Waals surface area contributed by atoms with Crippen molar-refractivity contribution in [2.24, 2.45) is 0 Å². The second-order valence-electron chi connectivity index (χ2n) is 4.78. The molecule has 0 saturated heterocycles. The van der Waals surface area contributed by atoms with E-state index < -0.39 is 11.5 Å². The molecule has 3 heteroatoms. The molecule has 1 N–H and O–H groups in total. The monoisotopic (exact) mass is 227 g/mol. The number of rotatable bonds is 4. The van der Waals surface area contributed by atoms with E-state index in [1.165, 1.54) is 19.3 Å². The quantitative estimate of drug-likeness (QED) is 0.802. The summed E-state index contributed by atoms with van der Waals surface area (Å²) in [6, 6.07) is 0. The van der Waals surface area contributed by atoms with Gasteiger partial charge in [0, 0.05) is 0 Å². The molecule has 0 aromatic heterocycles. The first kappa shape index (κ1) is 13.5. The molecular formula is C13H25NO2. The van der Waals surface area contributed by atoms with Crippen LogP contribution in [0.5, 0.6) is 0 Å². The molecule has 1 aliphatic rings. The van der Waals surface area contributed by atoms with Gasteiger partial charge in [-0.05, 0) is 25.9 Å². The van der Waals surface area contributed by atoms with Crippen LogP contribution in [-0.2, 0) is 4.79 Å². The summed E-state index contributed by atoms with van der Waals surface area (Å²) in [5.74, 6) is -0.613. The Bertz CT molecular complexity index is 216. The van der Waals surface area contributed by atoms with E-state index in [0.717, 1.165) is 38.8 Å². The lowest BCUT2D eigenvalue weighted by atomic mass is 9.82. The molecule has 1 aliphatic carbocycles. The van der Waals surface area contributed by atoms with Crippen molar-refractivity contribution in [3.8, 4) is 0 Å². The third-order valence-corrected chi connectivity index (χ3v) is 3.95. The molecule has 3 nitrogen and oxygen atoms in total. The minimum absolute atomic E-state index is 0.579. The van der Waals surface area contributed by atoms with E-state index in [-0.39, 0.29) is 0 Å². The number of hydrogen-bond donors (Lipinski definition) is 1. The predicted octanol–water partition coefficient (Wildman–Crippen LogP) is 2.90. The highest BCUT2D eigenvalue weighted by Crippen LogP contribution is 2.32. The summed E-state index contributed by atoms with van der Waals surface area (Å²) < 4.78 is 0. The van der Waals surface area contributed by atoms with Gasteiger partial charge in [0.05, 0.1) is 0 Å². The normalized spacial score (nSPS) is 21.4. The highest BCUT2D eigenvalue weighted by molar-refractivity contribution is 5.78. The average Bonchev–Trinajstić information content (AvgIpc) is 2.22. The molecule has 1 saturated carbocycles. The van der Waals surface area contributed by atoms with Gasteiger partial charge in [-0.25, -0.2) is 0 Å². The smallest absolute Gasteiger partial charge is 0.324 e. The molecule has 1 rings (SSSR count). The van der Waals surface area contributed by atoms with E-state index in [2.05, 4.69) is 18.7 Å². The summed E-state index contributed by atoms with van der Waals surface area (Å²) in [4.78, 5) is 13.8. The number of nitrogens with zero attached hydrogens (tertiary/aromatic N) is 1. The number of hydrogen-bond acceptors (Lipinski definition) is 2.